The molecule has 30 heavy (non-hydrogen) atoms. The van der Waals surface area contributed by atoms with Crippen LogP contribution >= 0.6 is 0 Å². The van der Waals surface area contributed by atoms with Gasteiger partial charge in [0, 0.05) is 43.9 Å². The van der Waals surface area contributed by atoms with Gasteiger partial charge in [0.15, 0.2) is 5.78 Å². The van der Waals surface area contributed by atoms with E-state index < -0.39 is 5.56 Å². The molecule has 0 atom stereocenters. The Morgan fingerprint density at radius 2 is 1.83 bits per heavy atom. The second kappa shape index (κ2) is 7.44. The third-order valence-corrected chi connectivity index (χ3v) is 5.94. The number of para-hydroxylation sites is 2. The number of hydrogen-bond acceptors (Lipinski definition) is 5. The van der Waals surface area contributed by atoms with Crippen molar-refractivity contribution in [1.29, 1.82) is 0 Å². The number of H-pyrrole nitrogens is 2. The Morgan fingerprint density at radius 1 is 0.967 bits per heavy atom. The Bertz CT molecular complexity index is 1160. The van der Waals surface area contributed by atoms with Crippen LogP contribution in [0.5, 0.6) is 0 Å². The number of anilines is 1. The van der Waals surface area contributed by atoms with Crippen LogP contribution in [-0.4, -0.2) is 57.7 Å². The lowest BCUT2D eigenvalue weighted by atomic mass is 9.93. The first-order valence-electron chi connectivity index (χ1n) is 10.4. The molecule has 8 heteroatoms. The quantitative estimate of drug-likeness (QED) is 0.680. The highest BCUT2D eigenvalue weighted by atomic mass is 16.2. The number of rotatable bonds is 2. The fourth-order valence-corrected chi connectivity index (χ4v) is 4.33. The molecule has 2 aromatic heterocycles. The van der Waals surface area contributed by atoms with Gasteiger partial charge < -0.3 is 19.8 Å². The number of aromatic nitrogens is 3. The summed E-state index contributed by atoms with van der Waals surface area (Å²) in [4.78, 5) is 52.4. The van der Waals surface area contributed by atoms with Crippen molar-refractivity contribution < 1.29 is 9.59 Å². The van der Waals surface area contributed by atoms with Crippen LogP contribution in [0.2, 0.25) is 0 Å². The molecule has 0 radical (unpaired) electrons. The molecule has 1 saturated heterocycles. The van der Waals surface area contributed by atoms with Gasteiger partial charge in [-0.15, -0.1) is 0 Å². The van der Waals surface area contributed by atoms with Crippen LogP contribution < -0.4 is 10.5 Å². The number of hydrogen-bond donors (Lipinski definition) is 2. The zero-order chi connectivity index (χ0) is 20.7. The Hall–Kier alpha value is -3.42. The molecule has 0 spiro atoms. The number of nitrogens with one attached hydrogen (secondary N) is 2. The number of ketones is 1. The van der Waals surface area contributed by atoms with Crippen molar-refractivity contribution in [1.82, 2.24) is 19.9 Å². The van der Waals surface area contributed by atoms with Crippen molar-refractivity contribution in [2.24, 2.45) is 0 Å². The van der Waals surface area contributed by atoms with Gasteiger partial charge in [0.2, 0.25) is 5.95 Å². The summed E-state index contributed by atoms with van der Waals surface area (Å²) in [5.74, 6) is 0.472. The molecule has 1 fully saturated rings. The van der Waals surface area contributed by atoms with Gasteiger partial charge in [-0.05, 0) is 37.5 Å². The first-order valence-corrected chi connectivity index (χ1v) is 10.4. The molecule has 5 rings (SSSR count). The normalized spacial score (nSPS) is 17.1. The summed E-state index contributed by atoms with van der Waals surface area (Å²) in [6.07, 6.45) is 2.63. The maximum Gasteiger partial charge on any atom is 0.261 e. The highest BCUT2D eigenvalue weighted by Crippen LogP contribution is 2.21. The zero-order valence-electron chi connectivity index (χ0n) is 16.6. The van der Waals surface area contributed by atoms with E-state index >= 15 is 0 Å². The number of fused-ring (bicyclic) bond motifs is 2. The van der Waals surface area contributed by atoms with Gasteiger partial charge >= 0.3 is 0 Å². The van der Waals surface area contributed by atoms with Gasteiger partial charge in [-0.2, -0.15) is 0 Å². The van der Waals surface area contributed by atoms with Gasteiger partial charge in [0.1, 0.15) is 5.56 Å². The largest absolute Gasteiger partial charge is 0.341 e. The molecule has 2 N–H and O–H groups in total. The maximum atomic E-state index is 13.1. The minimum Gasteiger partial charge on any atom is -0.341 e. The summed E-state index contributed by atoms with van der Waals surface area (Å²) in [6.45, 7) is 2.43. The van der Waals surface area contributed by atoms with Crippen molar-refractivity contribution in [3.63, 3.8) is 0 Å². The average molecular weight is 405 g/mol. The predicted octanol–water partition coefficient (Wildman–Crippen LogP) is 2.12. The maximum absolute atomic E-state index is 13.1. The topological polar surface area (TPSA) is 102 Å². The number of aromatic amines is 2. The summed E-state index contributed by atoms with van der Waals surface area (Å²) in [6, 6.07) is 9.38. The van der Waals surface area contributed by atoms with Crippen LogP contribution in [0.25, 0.3) is 11.0 Å². The molecule has 1 amide bonds. The van der Waals surface area contributed by atoms with E-state index in [4.69, 9.17) is 0 Å². The predicted molar refractivity (Wildman–Crippen MR) is 113 cm³/mol. The molecular formula is C22H23N5O3. The Kier molecular flexibility index (Phi) is 4.61. The lowest BCUT2D eigenvalue weighted by Crippen LogP contribution is -2.38. The molecule has 0 unspecified atom stereocenters. The SMILES string of the molecule is O=C1CCCc2[nH]c(=O)c(C(=O)N3CCCN(c4nc5ccccc5[nH]4)CC3)cc21. The van der Waals surface area contributed by atoms with Crippen LogP contribution in [0.4, 0.5) is 5.95 Å². The van der Waals surface area contributed by atoms with Crippen LogP contribution in [0, 0.1) is 0 Å². The highest BCUT2D eigenvalue weighted by molar-refractivity contribution is 6.01. The van der Waals surface area contributed by atoms with Gasteiger partial charge in [-0.25, -0.2) is 4.98 Å². The van der Waals surface area contributed by atoms with Crippen LogP contribution in [-0.2, 0) is 6.42 Å². The molecule has 0 bridgehead atoms. The van der Waals surface area contributed by atoms with Crippen molar-refractivity contribution in [3.8, 4) is 0 Å². The fraction of sp³-hybridized carbons (Fsp3) is 0.364. The molecule has 0 saturated carbocycles. The second-order valence-electron chi connectivity index (χ2n) is 7.89. The van der Waals surface area contributed by atoms with E-state index in [1.165, 1.54) is 6.07 Å². The summed E-state index contributed by atoms with van der Waals surface area (Å²) in [7, 11) is 0. The number of aryl methyl sites for hydroxylation is 1. The number of imidazole rings is 1. The summed E-state index contributed by atoms with van der Waals surface area (Å²) >= 11 is 0. The standard InChI is InChI=1S/C22H23N5O3/c28-19-8-3-7-16-14(19)13-15(20(29)23-16)21(30)26-9-4-10-27(12-11-26)22-24-17-5-1-2-6-18(17)25-22/h1-2,5-6,13H,3-4,7-12H2,(H,23,29)(H,24,25). The van der Waals surface area contributed by atoms with Crippen LogP contribution in [0.15, 0.2) is 35.1 Å². The molecular weight excluding hydrogens is 382 g/mol. The summed E-state index contributed by atoms with van der Waals surface area (Å²) < 4.78 is 0. The molecule has 1 aliphatic heterocycles. The number of pyridine rings is 1. The van der Waals surface area contributed by atoms with Gasteiger partial charge in [-0.3, -0.25) is 14.4 Å². The van der Waals surface area contributed by atoms with Gasteiger partial charge in [0.25, 0.3) is 11.5 Å². The second-order valence-corrected chi connectivity index (χ2v) is 7.89. The molecule has 8 nitrogen and oxygen atoms in total. The Labute approximate surface area is 172 Å². The Morgan fingerprint density at radius 3 is 2.70 bits per heavy atom. The zero-order valence-corrected chi connectivity index (χ0v) is 16.6. The number of carbonyl (C=O) groups excluding carboxylic acids is 2. The lowest BCUT2D eigenvalue weighted by Gasteiger charge is -2.22. The van der Waals surface area contributed by atoms with E-state index in [0.29, 0.717) is 43.7 Å². The van der Waals surface area contributed by atoms with Crippen molar-refractivity contribution in [3.05, 3.63) is 57.5 Å². The molecule has 1 aliphatic carbocycles. The highest BCUT2D eigenvalue weighted by Gasteiger charge is 2.26. The number of Topliss-reactive ketones (excluding diaryl/α,β-unsaturated/α-hetero) is 1. The van der Waals surface area contributed by atoms with E-state index in [9.17, 15) is 14.4 Å². The van der Waals surface area contributed by atoms with E-state index in [2.05, 4.69) is 19.9 Å². The molecule has 154 valence electrons. The smallest absolute Gasteiger partial charge is 0.261 e. The molecule has 1 aromatic carbocycles. The summed E-state index contributed by atoms with van der Waals surface area (Å²) in [5.41, 5.74) is 2.68. The monoisotopic (exact) mass is 405 g/mol. The van der Waals surface area contributed by atoms with E-state index in [1.807, 2.05) is 24.3 Å². The van der Waals surface area contributed by atoms with E-state index in [-0.39, 0.29) is 17.3 Å². The van der Waals surface area contributed by atoms with Crippen molar-refractivity contribution >= 4 is 28.7 Å². The number of benzene rings is 1. The van der Waals surface area contributed by atoms with E-state index in [0.717, 1.165) is 36.4 Å². The van der Waals surface area contributed by atoms with Crippen molar-refractivity contribution in [2.75, 3.05) is 31.1 Å². The Balaban J connectivity index is 1.36. The van der Waals surface area contributed by atoms with Gasteiger partial charge in [0.05, 0.1) is 11.0 Å². The minimum atomic E-state index is -0.410. The number of amides is 1. The first-order chi connectivity index (χ1) is 14.6. The fourth-order valence-electron chi connectivity index (χ4n) is 4.33. The molecule has 3 heterocycles. The lowest BCUT2D eigenvalue weighted by molar-refractivity contribution is 0.0765. The van der Waals surface area contributed by atoms with E-state index in [1.54, 1.807) is 4.90 Å². The number of carbonyl (C=O) groups is 2. The third-order valence-electron chi connectivity index (χ3n) is 5.94. The summed E-state index contributed by atoms with van der Waals surface area (Å²) in [5, 5.41) is 0. The van der Waals surface area contributed by atoms with Crippen LogP contribution in [0.3, 0.4) is 0 Å². The minimum absolute atomic E-state index is 0.00604. The van der Waals surface area contributed by atoms with Crippen LogP contribution in [0.1, 0.15) is 45.7 Å². The van der Waals surface area contributed by atoms with Crippen molar-refractivity contribution in [2.45, 2.75) is 25.7 Å². The molecule has 2 aliphatic rings. The third kappa shape index (κ3) is 3.28. The average Bonchev–Trinajstić information content (AvgIpc) is 3.02. The molecule has 3 aromatic rings. The number of nitrogens with zero attached hydrogens (tertiary/aromatic N) is 3. The van der Waals surface area contributed by atoms with Gasteiger partial charge in [-0.1, -0.05) is 12.1 Å². The first kappa shape index (κ1) is 18.6.